The number of aryl methyl sites for hydroxylation is 1. The number of nitrogens with zero attached hydrogens (tertiary/aromatic N) is 1. The van der Waals surface area contributed by atoms with Crippen LogP contribution in [-0.2, 0) is 16.1 Å². The minimum absolute atomic E-state index is 0.0323. The van der Waals surface area contributed by atoms with E-state index in [-0.39, 0.29) is 17.9 Å². The second kappa shape index (κ2) is 8.25. The zero-order valence-corrected chi connectivity index (χ0v) is 14.9. The number of hydrogen-bond acceptors (Lipinski definition) is 5. The molecule has 0 saturated heterocycles. The molecule has 0 atom stereocenters. The number of pyridine rings is 1. The highest BCUT2D eigenvalue weighted by molar-refractivity contribution is 7.99. The van der Waals surface area contributed by atoms with Gasteiger partial charge in [0.25, 0.3) is 0 Å². The first-order chi connectivity index (χ1) is 11.4. The molecule has 2 aromatic rings. The van der Waals surface area contributed by atoms with Crippen LogP contribution in [0.15, 0.2) is 34.1 Å². The summed E-state index contributed by atoms with van der Waals surface area (Å²) in [6.07, 6.45) is 0. The molecule has 0 aliphatic rings. The second-order valence-corrected chi connectivity index (χ2v) is 6.63. The molecular weight excluding hydrogens is 371 g/mol. The Morgan fingerprint density at radius 1 is 1.33 bits per heavy atom. The van der Waals surface area contributed by atoms with Crippen molar-refractivity contribution >= 4 is 40.9 Å². The van der Waals surface area contributed by atoms with E-state index in [1.807, 2.05) is 6.07 Å². The van der Waals surface area contributed by atoms with Gasteiger partial charge in [0.1, 0.15) is 12.7 Å². The Kier molecular flexibility index (Phi) is 6.32. The minimum Gasteiger partial charge on any atom is -0.460 e. The lowest BCUT2D eigenvalue weighted by molar-refractivity contribution is -0.141. The number of benzene rings is 1. The number of aromatic amines is 1. The summed E-state index contributed by atoms with van der Waals surface area (Å²) in [5.74, 6) is -0.507. The number of hydrogen-bond donors (Lipinski definition) is 1. The first kappa shape index (κ1) is 18.4. The zero-order valence-electron chi connectivity index (χ0n) is 12.6. The molecule has 0 aliphatic heterocycles. The predicted octanol–water partition coefficient (Wildman–Crippen LogP) is 3.70. The first-order valence-corrected chi connectivity index (χ1v) is 8.51. The van der Waals surface area contributed by atoms with E-state index < -0.39 is 5.97 Å². The highest BCUT2D eigenvalue weighted by Crippen LogP contribution is 2.23. The molecule has 0 spiro atoms. The Labute approximate surface area is 152 Å². The normalized spacial score (nSPS) is 10.2. The number of halogens is 2. The van der Waals surface area contributed by atoms with Crippen LogP contribution in [0.1, 0.15) is 16.7 Å². The number of carbonyl (C=O) groups excluding carboxylic acids is 1. The van der Waals surface area contributed by atoms with Crippen molar-refractivity contribution in [1.82, 2.24) is 4.98 Å². The molecule has 124 valence electrons. The fourth-order valence-electron chi connectivity index (χ4n) is 1.87. The molecule has 0 fully saturated rings. The minimum atomic E-state index is -0.475. The van der Waals surface area contributed by atoms with E-state index in [4.69, 9.17) is 33.2 Å². The van der Waals surface area contributed by atoms with E-state index in [1.165, 1.54) is 6.07 Å². The van der Waals surface area contributed by atoms with E-state index >= 15 is 0 Å². The maximum absolute atomic E-state index is 11.8. The SMILES string of the molecule is Cc1cc(=O)[nH]c(SCC(=O)OCc2ccc(Cl)c(Cl)c2)c1C#N. The number of carbonyl (C=O) groups is 1. The van der Waals surface area contributed by atoms with E-state index in [0.717, 1.165) is 11.8 Å². The van der Waals surface area contributed by atoms with Crippen molar-refractivity contribution in [2.75, 3.05) is 5.75 Å². The van der Waals surface area contributed by atoms with E-state index in [2.05, 4.69) is 4.98 Å². The van der Waals surface area contributed by atoms with E-state index in [0.29, 0.717) is 31.8 Å². The van der Waals surface area contributed by atoms with Gasteiger partial charge in [-0.15, -0.1) is 0 Å². The van der Waals surface area contributed by atoms with Crippen molar-refractivity contribution in [3.05, 3.63) is 61.4 Å². The van der Waals surface area contributed by atoms with Crippen molar-refractivity contribution < 1.29 is 9.53 Å². The summed E-state index contributed by atoms with van der Waals surface area (Å²) in [6.45, 7) is 1.73. The standard InChI is InChI=1S/C16H12Cl2N2O3S/c1-9-4-14(21)20-16(11(9)6-19)24-8-15(22)23-7-10-2-3-12(17)13(18)5-10/h2-5H,7-8H2,1H3,(H,20,21). The summed E-state index contributed by atoms with van der Waals surface area (Å²) < 4.78 is 5.14. The number of H-pyrrole nitrogens is 1. The van der Waals surface area contributed by atoms with Crippen molar-refractivity contribution in [2.24, 2.45) is 0 Å². The highest BCUT2D eigenvalue weighted by atomic mass is 35.5. The number of aromatic nitrogens is 1. The van der Waals surface area contributed by atoms with Crippen LogP contribution in [0.3, 0.4) is 0 Å². The molecule has 24 heavy (non-hydrogen) atoms. The summed E-state index contributed by atoms with van der Waals surface area (Å²) in [5, 5.41) is 10.3. The molecule has 0 saturated carbocycles. The molecule has 1 N–H and O–H groups in total. The lowest BCUT2D eigenvalue weighted by atomic mass is 10.2. The van der Waals surface area contributed by atoms with Crippen LogP contribution in [-0.4, -0.2) is 16.7 Å². The van der Waals surface area contributed by atoms with Crippen LogP contribution < -0.4 is 5.56 Å². The summed E-state index contributed by atoms with van der Waals surface area (Å²) in [7, 11) is 0. The van der Waals surface area contributed by atoms with E-state index in [9.17, 15) is 9.59 Å². The van der Waals surface area contributed by atoms with Gasteiger partial charge in [-0.05, 0) is 30.2 Å². The average molecular weight is 383 g/mol. The highest BCUT2D eigenvalue weighted by Gasteiger charge is 2.12. The van der Waals surface area contributed by atoms with Gasteiger partial charge in [-0.25, -0.2) is 0 Å². The fourth-order valence-corrected chi connectivity index (χ4v) is 3.06. The Morgan fingerprint density at radius 3 is 2.75 bits per heavy atom. The Hall–Kier alpha value is -1.94. The number of ether oxygens (including phenoxy) is 1. The third-order valence-electron chi connectivity index (χ3n) is 3.04. The van der Waals surface area contributed by atoms with Gasteiger partial charge in [0, 0.05) is 6.07 Å². The molecule has 0 amide bonds. The Morgan fingerprint density at radius 2 is 2.08 bits per heavy atom. The third-order valence-corrected chi connectivity index (χ3v) is 4.75. The van der Waals surface area contributed by atoms with Gasteiger partial charge in [-0.3, -0.25) is 9.59 Å². The molecular formula is C16H12Cl2N2O3S. The quantitative estimate of drug-likeness (QED) is 0.629. The number of nitriles is 1. The van der Waals surface area contributed by atoms with Gasteiger partial charge in [0.05, 0.1) is 26.4 Å². The molecule has 0 bridgehead atoms. The maximum atomic E-state index is 11.8. The first-order valence-electron chi connectivity index (χ1n) is 6.77. The summed E-state index contributed by atoms with van der Waals surface area (Å²) in [4.78, 5) is 25.9. The second-order valence-electron chi connectivity index (χ2n) is 4.83. The number of esters is 1. The van der Waals surface area contributed by atoms with Gasteiger partial charge in [-0.1, -0.05) is 41.0 Å². The van der Waals surface area contributed by atoms with Gasteiger partial charge < -0.3 is 9.72 Å². The van der Waals surface area contributed by atoms with Crippen molar-refractivity contribution in [2.45, 2.75) is 18.6 Å². The van der Waals surface area contributed by atoms with Crippen LogP contribution in [0.5, 0.6) is 0 Å². The lowest BCUT2D eigenvalue weighted by Crippen LogP contribution is -2.11. The number of nitrogens with one attached hydrogen (secondary N) is 1. The maximum Gasteiger partial charge on any atom is 0.316 e. The average Bonchev–Trinajstić information content (AvgIpc) is 2.53. The third kappa shape index (κ3) is 4.78. The monoisotopic (exact) mass is 382 g/mol. The van der Waals surface area contributed by atoms with Crippen LogP contribution in [0.25, 0.3) is 0 Å². The molecule has 0 radical (unpaired) electrons. The summed E-state index contributed by atoms with van der Waals surface area (Å²) >= 11 is 12.8. The molecule has 1 aromatic carbocycles. The smallest absolute Gasteiger partial charge is 0.316 e. The molecule has 0 unspecified atom stereocenters. The molecule has 2 rings (SSSR count). The predicted molar refractivity (Wildman–Crippen MR) is 93.5 cm³/mol. The topological polar surface area (TPSA) is 82.9 Å². The summed E-state index contributed by atoms with van der Waals surface area (Å²) in [5.41, 5.74) is 1.30. The lowest BCUT2D eigenvalue weighted by Gasteiger charge is -2.07. The molecule has 5 nitrogen and oxygen atoms in total. The van der Waals surface area contributed by atoms with Crippen LogP contribution >= 0.6 is 35.0 Å². The van der Waals surface area contributed by atoms with Gasteiger partial charge in [0.15, 0.2) is 0 Å². The molecule has 1 heterocycles. The fraction of sp³-hybridized carbons (Fsp3) is 0.188. The molecule has 8 heteroatoms. The van der Waals surface area contributed by atoms with Crippen LogP contribution in [0.2, 0.25) is 10.0 Å². The Balaban J connectivity index is 1.95. The van der Waals surface area contributed by atoms with Crippen molar-refractivity contribution in [3.8, 4) is 6.07 Å². The van der Waals surface area contributed by atoms with Gasteiger partial charge >= 0.3 is 5.97 Å². The van der Waals surface area contributed by atoms with Gasteiger partial charge in [-0.2, -0.15) is 5.26 Å². The van der Waals surface area contributed by atoms with Gasteiger partial charge in [0.2, 0.25) is 5.56 Å². The molecule has 0 aliphatic carbocycles. The largest absolute Gasteiger partial charge is 0.460 e. The number of thioether (sulfide) groups is 1. The Bertz CT molecular complexity index is 875. The van der Waals surface area contributed by atoms with Crippen LogP contribution in [0, 0.1) is 18.3 Å². The zero-order chi connectivity index (χ0) is 17.7. The number of rotatable bonds is 5. The van der Waals surface area contributed by atoms with Crippen molar-refractivity contribution in [3.63, 3.8) is 0 Å². The van der Waals surface area contributed by atoms with Crippen molar-refractivity contribution in [1.29, 1.82) is 5.26 Å². The summed E-state index contributed by atoms with van der Waals surface area (Å²) in [6, 6.07) is 8.31. The van der Waals surface area contributed by atoms with Crippen LogP contribution in [0.4, 0.5) is 0 Å². The van der Waals surface area contributed by atoms with E-state index in [1.54, 1.807) is 25.1 Å². The molecule has 1 aromatic heterocycles.